The van der Waals surface area contributed by atoms with E-state index < -0.39 is 21.4 Å². The van der Waals surface area contributed by atoms with E-state index in [9.17, 15) is 18.0 Å². The number of carboxylic acids is 1. The molecular formula is C29H48N4O5S2. The van der Waals surface area contributed by atoms with Crippen LogP contribution in [0.5, 0.6) is 0 Å². The van der Waals surface area contributed by atoms with Gasteiger partial charge >= 0.3 is 5.97 Å². The smallest absolute Gasteiger partial charge is 0.304 e. The van der Waals surface area contributed by atoms with E-state index in [0.29, 0.717) is 29.2 Å². The molecule has 2 aromatic rings. The minimum Gasteiger partial charge on any atom is -0.481 e. The van der Waals surface area contributed by atoms with Gasteiger partial charge in [0.2, 0.25) is 11.9 Å². The Morgan fingerprint density at radius 1 is 0.975 bits per heavy atom. The number of aliphatic carboxylic acids is 1. The highest BCUT2D eigenvalue weighted by Crippen LogP contribution is 2.42. The molecule has 1 unspecified atom stereocenters. The molecule has 0 saturated carbocycles. The highest BCUT2D eigenvalue weighted by molar-refractivity contribution is 8.00. The van der Waals surface area contributed by atoms with Gasteiger partial charge in [0.15, 0.2) is 0 Å². The summed E-state index contributed by atoms with van der Waals surface area (Å²) in [5.41, 5.74) is 1.04. The van der Waals surface area contributed by atoms with Crippen LogP contribution in [-0.4, -0.2) is 45.9 Å². The summed E-state index contributed by atoms with van der Waals surface area (Å²) in [6.45, 7) is 21.4. The summed E-state index contributed by atoms with van der Waals surface area (Å²) in [4.78, 5) is 32.5. The zero-order valence-electron chi connectivity index (χ0n) is 25.9. The normalized spacial score (nSPS) is 12.7. The van der Waals surface area contributed by atoms with Crippen molar-refractivity contribution in [3.63, 3.8) is 0 Å². The average molecular weight is 597 g/mol. The Balaban J connectivity index is 0.00000363. The highest BCUT2D eigenvalue weighted by atomic mass is 32.2. The van der Waals surface area contributed by atoms with E-state index in [-0.39, 0.29) is 33.8 Å². The zero-order chi connectivity index (χ0) is 31.3. The van der Waals surface area contributed by atoms with Gasteiger partial charge in [0, 0.05) is 27.6 Å². The van der Waals surface area contributed by atoms with E-state index in [1.54, 1.807) is 32.0 Å². The predicted octanol–water partition coefficient (Wildman–Crippen LogP) is 6.92. The molecule has 0 aliphatic carbocycles. The van der Waals surface area contributed by atoms with Crippen molar-refractivity contribution in [1.29, 1.82) is 0 Å². The van der Waals surface area contributed by atoms with Crippen molar-refractivity contribution in [3.05, 3.63) is 41.7 Å². The number of aromatic nitrogens is 2. The number of benzene rings is 1. The number of rotatable bonds is 12. The fourth-order valence-electron chi connectivity index (χ4n) is 3.84. The molecule has 1 amide bonds. The Kier molecular flexibility index (Phi) is 15.5. The molecule has 0 fully saturated rings. The molecule has 40 heavy (non-hydrogen) atoms. The van der Waals surface area contributed by atoms with Gasteiger partial charge in [-0.2, -0.15) is 11.8 Å². The molecule has 3 N–H and O–H groups in total. The van der Waals surface area contributed by atoms with Gasteiger partial charge in [-0.25, -0.2) is 23.1 Å². The molecule has 0 bridgehead atoms. The molecule has 1 heterocycles. The number of sulfonamides is 1. The van der Waals surface area contributed by atoms with Crippen molar-refractivity contribution in [2.75, 3.05) is 15.8 Å². The molecule has 226 valence electrons. The number of hydrogen-bond acceptors (Lipinski definition) is 7. The molecule has 0 aliphatic heterocycles. The van der Waals surface area contributed by atoms with Crippen LogP contribution in [0.15, 0.2) is 35.2 Å². The van der Waals surface area contributed by atoms with Gasteiger partial charge in [0.1, 0.15) is 0 Å². The molecule has 0 radical (unpaired) electrons. The highest BCUT2D eigenvalue weighted by Gasteiger charge is 2.41. The van der Waals surface area contributed by atoms with Crippen LogP contribution in [0.4, 0.5) is 11.6 Å². The quantitative estimate of drug-likeness (QED) is 0.240. The topological polar surface area (TPSA) is 138 Å². The lowest BCUT2D eigenvalue weighted by molar-refractivity contribution is -0.136. The summed E-state index contributed by atoms with van der Waals surface area (Å²) >= 11 is 1.54. The maximum atomic E-state index is 13.4. The fourth-order valence-corrected chi connectivity index (χ4v) is 6.01. The van der Waals surface area contributed by atoms with E-state index in [0.717, 1.165) is 0 Å². The number of nitrogens with one attached hydrogen (secondary N) is 2. The van der Waals surface area contributed by atoms with Crippen molar-refractivity contribution < 1.29 is 23.1 Å². The molecule has 2 rings (SSSR count). The van der Waals surface area contributed by atoms with Gasteiger partial charge < -0.3 is 10.4 Å². The van der Waals surface area contributed by atoms with E-state index in [1.165, 1.54) is 23.9 Å². The number of nitrogens with zero attached hydrogens (tertiary/aromatic N) is 2. The lowest BCUT2D eigenvalue weighted by Crippen LogP contribution is -2.42. The van der Waals surface area contributed by atoms with Gasteiger partial charge in [-0.05, 0) is 56.5 Å². The third-order valence-corrected chi connectivity index (χ3v) is 8.70. The fraction of sp³-hybridized carbons (Fsp3) is 0.586. The summed E-state index contributed by atoms with van der Waals surface area (Å²) in [6.07, 6.45) is 0.610. The Morgan fingerprint density at radius 2 is 1.48 bits per heavy atom. The first-order valence-corrected chi connectivity index (χ1v) is 16.1. The molecule has 1 atom stereocenters. The number of amides is 1. The third-order valence-electron chi connectivity index (χ3n) is 6.03. The molecule has 9 nitrogen and oxygen atoms in total. The summed E-state index contributed by atoms with van der Waals surface area (Å²) in [5.74, 6) is -0.540. The summed E-state index contributed by atoms with van der Waals surface area (Å²) in [5, 5.41) is 11.8. The molecule has 1 aromatic carbocycles. The van der Waals surface area contributed by atoms with E-state index >= 15 is 0 Å². The second kappa shape index (κ2) is 16.6. The van der Waals surface area contributed by atoms with Crippen LogP contribution in [0.3, 0.4) is 0 Å². The monoisotopic (exact) mass is 596 g/mol. The van der Waals surface area contributed by atoms with E-state index in [4.69, 9.17) is 5.11 Å². The maximum Gasteiger partial charge on any atom is 0.304 e. The molecule has 0 saturated heterocycles. The second-order valence-corrected chi connectivity index (χ2v) is 13.5. The van der Waals surface area contributed by atoms with Crippen molar-refractivity contribution in [2.24, 2.45) is 11.3 Å². The van der Waals surface area contributed by atoms with Gasteiger partial charge in [-0.3, -0.25) is 9.59 Å². The van der Waals surface area contributed by atoms with Crippen LogP contribution in [-0.2, 0) is 19.6 Å². The zero-order valence-corrected chi connectivity index (χ0v) is 27.5. The molecule has 0 aliphatic rings. The Morgan fingerprint density at radius 3 is 1.93 bits per heavy atom. The first-order chi connectivity index (χ1) is 18.5. The van der Waals surface area contributed by atoms with Crippen LogP contribution < -0.4 is 10.0 Å². The van der Waals surface area contributed by atoms with Crippen molar-refractivity contribution >= 4 is 45.3 Å². The Labute approximate surface area is 245 Å². The van der Waals surface area contributed by atoms with Crippen molar-refractivity contribution in [1.82, 2.24) is 9.97 Å². The summed E-state index contributed by atoms with van der Waals surface area (Å²) < 4.78 is 27.6. The number of carboxylic acid groups (broad SMARTS) is 1. The minimum absolute atomic E-state index is 0.00131. The largest absolute Gasteiger partial charge is 0.481 e. The van der Waals surface area contributed by atoms with Crippen molar-refractivity contribution in [3.8, 4) is 0 Å². The predicted molar refractivity (Wildman–Crippen MR) is 166 cm³/mol. The number of carbonyl (C=O) groups excluding carboxylic acids is 1. The first kappa shape index (κ1) is 37.3. The van der Waals surface area contributed by atoms with Gasteiger partial charge in [-0.1, -0.05) is 62.3 Å². The number of thioether (sulfide) groups is 1. The Hall–Kier alpha value is -2.66. The maximum absolute atomic E-state index is 13.4. The van der Waals surface area contributed by atoms with Crippen LogP contribution in [0, 0.1) is 25.2 Å². The molecule has 0 spiro atoms. The third kappa shape index (κ3) is 11.8. The standard InChI is InChI=1S/C25H36N4O5S2.2C2H6/c1-16(2)25(7,15-24(5,6)35-13-12-21(30)31)22(32)28-19-8-10-20(11-9-19)36(33,34)29-23-26-17(3)14-18(4)27-23;2*1-2/h8-11,14,16H,12-13,15H2,1-7H3,(H,28,32)(H,30,31)(H,26,27,29);2*1-2H3. The summed E-state index contributed by atoms with van der Waals surface area (Å²) in [6, 6.07) is 7.67. The summed E-state index contributed by atoms with van der Waals surface area (Å²) in [7, 11) is -3.91. The van der Waals surface area contributed by atoms with Crippen molar-refractivity contribution in [2.45, 2.75) is 98.6 Å². The minimum atomic E-state index is -3.91. The lowest BCUT2D eigenvalue weighted by atomic mass is 9.72. The van der Waals surface area contributed by atoms with Gasteiger partial charge in [0.05, 0.1) is 16.7 Å². The van der Waals surface area contributed by atoms with Crippen LogP contribution in [0.25, 0.3) is 0 Å². The van der Waals surface area contributed by atoms with Crippen LogP contribution in [0.1, 0.15) is 86.5 Å². The molecule has 11 heteroatoms. The second-order valence-electron chi connectivity index (χ2n) is 10.1. The molecule has 1 aromatic heterocycles. The lowest BCUT2D eigenvalue weighted by Gasteiger charge is -2.39. The first-order valence-electron chi connectivity index (χ1n) is 13.7. The van der Waals surface area contributed by atoms with Crippen LogP contribution in [0.2, 0.25) is 0 Å². The number of anilines is 2. The van der Waals surface area contributed by atoms with Gasteiger partial charge in [0.25, 0.3) is 10.0 Å². The SMILES string of the molecule is CC.CC.Cc1cc(C)nc(NS(=O)(=O)c2ccc(NC(=O)C(C)(CC(C)(C)SCCC(=O)O)C(C)C)cc2)n1. The van der Waals surface area contributed by atoms with Crippen LogP contribution >= 0.6 is 11.8 Å². The average Bonchev–Trinajstić information content (AvgIpc) is 2.85. The van der Waals surface area contributed by atoms with E-state index in [1.807, 2.05) is 62.3 Å². The number of aryl methyl sites for hydroxylation is 2. The Bertz CT molecular complexity index is 1180. The number of carbonyl (C=O) groups is 2. The van der Waals surface area contributed by atoms with Gasteiger partial charge in [-0.15, -0.1) is 0 Å². The van der Waals surface area contributed by atoms with E-state index in [2.05, 4.69) is 20.0 Å². The number of hydrogen-bond donors (Lipinski definition) is 3. The molecular weight excluding hydrogens is 548 g/mol.